The van der Waals surface area contributed by atoms with Crippen LogP contribution in [0.1, 0.15) is 89.3 Å². The van der Waals surface area contributed by atoms with E-state index in [2.05, 4.69) is 20.4 Å². The van der Waals surface area contributed by atoms with Gasteiger partial charge >= 0.3 is 29.0 Å². The Morgan fingerprint density at radius 1 is 0.860 bits per heavy atom. The van der Waals surface area contributed by atoms with Gasteiger partial charge < -0.3 is 30.5 Å². The van der Waals surface area contributed by atoms with Gasteiger partial charge in [-0.15, -0.1) is 33.5 Å². The van der Waals surface area contributed by atoms with E-state index in [9.17, 15) is 19.8 Å². The fourth-order valence-electron chi connectivity index (χ4n) is 6.23. The first-order valence-corrected chi connectivity index (χ1v) is 14.4. The molecule has 1 atom stereocenters. The maximum atomic E-state index is 11.5. The molecular formula is C34H36FeN4O4. The number of rotatable bonds is 8. The molecule has 0 saturated carbocycles. The van der Waals surface area contributed by atoms with Crippen molar-refractivity contribution in [3.8, 4) is 0 Å². The van der Waals surface area contributed by atoms with Crippen LogP contribution >= 0.6 is 0 Å². The standard InChI is InChI=1S/C34H36N4O4.Fe/c1-7-21-17(3)25-13-26-19(5)23(9-11-33(39)40)31(37-26)16-32-24(10-12-34(41)42)20(6)28(38-32)15-30-22(8-2)18(4)27(36-30)14-29(21)35-25;/h7,13-15,31H,1,8-12,16H2,2-6H3,(H,39,40)(H,41,42);/q-4;+4/b26-13-,27-14-,30-15-;. The maximum absolute atomic E-state index is 11.5. The van der Waals surface area contributed by atoms with E-state index in [4.69, 9.17) is 20.3 Å². The Morgan fingerprint density at radius 3 is 2.16 bits per heavy atom. The van der Waals surface area contributed by atoms with Crippen LogP contribution in [0.3, 0.4) is 0 Å². The van der Waals surface area contributed by atoms with E-state index >= 15 is 0 Å². The van der Waals surface area contributed by atoms with Crippen LogP contribution in [0.5, 0.6) is 0 Å². The second kappa shape index (κ2) is 12.7. The molecule has 0 saturated heterocycles. The molecule has 0 aromatic carbocycles. The molecule has 2 N–H and O–H groups in total. The molecular weight excluding hydrogens is 584 g/mol. The molecule has 5 rings (SSSR count). The molecule has 43 heavy (non-hydrogen) atoms. The molecule has 2 aliphatic rings. The van der Waals surface area contributed by atoms with Crippen molar-refractivity contribution in [2.75, 3.05) is 0 Å². The Kier molecular flexibility index (Phi) is 9.47. The molecule has 224 valence electrons. The van der Waals surface area contributed by atoms with E-state index in [1.165, 1.54) is 0 Å². The van der Waals surface area contributed by atoms with Crippen LogP contribution in [0, 0.1) is 20.8 Å². The maximum Gasteiger partial charge on any atom is 4.00 e. The second-order valence-electron chi connectivity index (χ2n) is 11.1. The number of hydrogen-bond donors (Lipinski definition) is 2. The summed E-state index contributed by atoms with van der Waals surface area (Å²) in [7, 11) is 0. The number of aromatic nitrogens is 3. The Hall–Kier alpha value is -3.94. The number of nitrogens with zero attached hydrogens (tertiary/aromatic N) is 4. The van der Waals surface area contributed by atoms with E-state index in [1.54, 1.807) is 0 Å². The third kappa shape index (κ3) is 6.10. The Balaban J connectivity index is 0.00000423. The number of fused-ring (bicyclic) bond motifs is 8. The van der Waals surface area contributed by atoms with E-state index < -0.39 is 11.9 Å². The molecule has 0 radical (unpaired) electrons. The van der Waals surface area contributed by atoms with Crippen molar-refractivity contribution >= 4 is 36.2 Å². The fraction of sp³-hybridized carbons (Fsp3) is 0.353. The first kappa shape index (κ1) is 32.0. The van der Waals surface area contributed by atoms with Crippen LogP contribution in [0.2, 0.25) is 0 Å². The van der Waals surface area contributed by atoms with Crippen molar-refractivity contribution in [2.45, 2.75) is 79.2 Å². The van der Waals surface area contributed by atoms with Gasteiger partial charge in [0.25, 0.3) is 0 Å². The van der Waals surface area contributed by atoms with Gasteiger partial charge in [-0.05, 0) is 52.5 Å². The number of aliphatic carboxylic acids is 2. The number of allylic oxidation sites excluding steroid dienone is 1. The molecule has 8 bridgehead atoms. The van der Waals surface area contributed by atoms with Gasteiger partial charge in [0, 0.05) is 12.8 Å². The number of carboxylic acid groups (broad SMARTS) is 2. The van der Waals surface area contributed by atoms with Gasteiger partial charge in [0.2, 0.25) is 0 Å². The molecule has 8 nitrogen and oxygen atoms in total. The van der Waals surface area contributed by atoms with Crippen LogP contribution in [0.25, 0.3) is 29.6 Å². The van der Waals surface area contributed by atoms with E-state index in [0.717, 1.165) is 90.1 Å². The first-order chi connectivity index (χ1) is 20.0. The third-order valence-electron chi connectivity index (χ3n) is 8.66. The van der Waals surface area contributed by atoms with Crippen LogP contribution in [0.4, 0.5) is 0 Å². The SMILES string of the molecule is C=Cc1c2[n-]c(c1C)/C=C1\[N-]C(Cc3[n-]c(c(C)c3CCC(=O)O)/C=c3\[n-]/c(c(C)c3CC)=C\2)C(CCC(=O)O)=C1C.[Fe+4]. The minimum Gasteiger partial charge on any atom is -0.678 e. The van der Waals surface area contributed by atoms with Crippen molar-refractivity contribution in [1.29, 1.82) is 0 Å². The summed E-state index contributed by atoms with van der Waals surface area (Å²) in [5, 5.41) is 25.7. The van der Waals surface area contributed by atoms with Gasteiger partial charge in [-0.25, -0.2) is 0 Å². The van der Waals surface area contributed by atoms with Crippen molar-refractivity contribution < 1.29 is 36.9 Å². The fourth-order valence-corrected chi connectivity index (χ4v) is 6.23. The normalized spacial score (nSPS) is 18.4. The summed E-state index contributed by atoms with van der Waals surface area (Å²) < 4.78 is 0. The smallest absolute Gasteiger partial charge is 0.678 e. The molecule has 3 aromatic rings. The topological polar surface area (TPSA) is 131 Å². The summed E-state index contributed by atoms with van der Waals surface area (Å²) in [5.74, 6) is -1.73. The van der Waals surface area contributed by atoms with E-state index in [1.807, 2.05) is 45.1 Å². The van der Waals surface area contributed by atoms with Crippen LogP contribution in [0.15, 0.2) is 23.4 Å². The zero-order chi connectivity index (χ0) is 30.3. The number of carboxylic acids is 2. The Bertz CT molecular complexity index is 1800. The predicted octanol–water partition coefficient (Wildman–Crippen LogP) is 4.20. The molecule has 9 heteroatoms. The minimum absolute atomic E-state index is 0. The van der Waals surface area contributed by atoms with Gasteiger partial charge in [0.05, 0.1) is 0 Å². The molecule has 1 unspecified atom stereocenters. The summed E-state index contributed by atoms with van der Waals surface area (Å²) in [6.07, 6.45) is 9.80. The molecule has 3 aromatic heterocycles. The molecule has 0 aliphatic carbocycles. The molecule has 2 aliphatic heterocycles. The molecule has 0 amide bonds. The third-order valence-corrected chi connectivity index (χ3v) is 8.66. The summed E-state index contributed by atoms with van der Waals surface area (Å²) >= 11 is 0. The monoisotopic (exact) mass is 620 g/mol. The van der Waals surface area contributed by atoms with Crippen LogP contribution in [-0.2, 0) is 45.9 Å². The van der Waals surface area contributed by atoms with Crippen LogP contribution in [-0.4, -0.2) is 28.2 Å². The Morgan fingerprint density at radius 2 is 1.51 bits per heavy atom. The van der Waals surface area contributed by atoms with Gasteiger partial charge in [0.15, 0.2) is 0 Å². The molecule has 0 fully saturated rings. The zero-order valence-electron chi connectivity index (χ0n) is 25.2. The summed E-state index contributed by atoms with van der Waals surface area (Å²) in [6, 6.07) is -0.300. The summed E-state index contributed by atoms with van der Waals surface area (Å²) in [4.78, 5) is 38.1. The van der Waals surface area contributed by atoms with Gasteiger partial charge in [0.1, 0.15) is 0 Å². The van der Waals surface area contributed by atoms with Crippen molar-refractivity contribution in [2.24, 2.45) is 0 Å². The van der Waals surface area contributed by atoms with Crippen molar-refractivity contribution in [3.05, 3.63) is 95.6 Å². The van der Waals surface area contributed by atoms with Gasteiger partial charge in [-0.1, -0.05) is 89.2 Å². The quantitative estimate of drug-likeness (QED) is 0.361. The van der Waals surface area contributed by atoms with Crippen molar-refractivity contribution in [1.82, 2.24) is 15.0 Å². The average molecular weight is 621 g/mol. The molecule has 5 heterocycles. The predicted molar refractivity (Wildman–Crippen MR) is 164 cm³/mol. The number of hydrogen-bond acceptors (Lipinski definition) is 2. The average Bonchev–Trinajstić information content (AvgIpc) is 3.59. The zero-order valence-corrected chi connectivity index (χ0v) is 26.3. The van der Waals surface area contributed by atoms with Gasteiger partial charge in [-0.2, -0.15) is 5.69 Å². The largest absolute Gasteiger partial charge is 4.00 e. The Labute approximate surface area is 262 Å². The summed E-state index contributed by atoms with van der Waals surface area (Å²) in [5.41, 5.74) is 11.9. The summed E-state index contributed by atoms with van der Waals surface area (Å²) in [6.45, 7) is 14.2. The first-order valence-electron chi connectivity index (χ1n) is 14.4. The minimum atomic E-state index is -0.864. The van der Waals surface area contributed by atoms with Crippen molar-refractivity contribution in [3.63, 3.8) is 0 Å². The van der Waals surface area contributed by atoms with Crippen LogP contribution < -0.4 is 25.7 Å². The number of carbonyl (C=O) groups is 2. The second-order valence-corrected chi connectivity index (χ2v) is 11.1. The van der Waals surface area contributed by atoms with E-state index in [-0.39, 0.29) is 36.0 Å². The molecule has 0 spiro atoms. The van der Waals surface area contributed by atoms with Gasteiger partial charge in [-0.3, -0.25) is 9.59 Å². The van der Waals surface area contributed by atoms with E-state index in [0.29, 0.717) is 19.3 Å².